The summed E-state index contributed by atoms with van der Waals surface area (Å²) in [4.78, 5) is 11.2. The van der Waals surface area contributed by atoms with Gasteiger partial charge in [0.05, 0.1) is 6.20 Å². The molecule has 1 aromatic carbocycles. The van der Waals surface area contributed by atoms with E-state index in [4.69, 9.17) is 11.6 Å². The summed E-state index contributed by atoms with van der Waals surface area (Å²) in [6.07, 6.45) is 4.21. The van der Waals surface area contributed by atoms with Crippen LogP contribution in [0.2, 0.25) is 5.02 Å². The average Bonchev–Trinajstić information content (AvgIpc) is 3.33. The molecular formula is C23H29ClF3N5O. The molecule has 6 nitrogen and oxygen atoms in total. The lowest BCUT2D eigenvalue weighted by Crippen LogP contribution is -2.37. The Morgan fingerprint density at radius 1 is 1.06 bits per heavy atom. The van der Waals surface area contributed by atoms with Gasteiger partial charge >= 0.3 is 6.36 Å². The van der Waals surface area contributed by atoms with Gasteiger partial charge in [-0.1, -0.05) is 29.8 Å². The van der Waals surface area contributed by atoms with E-state index < -0.39 is 6.36 Å². The highest BCUT2D eigenvalue weighted by molar-refractivity contribution is 6.32. The van der Waals surface area contributed by atoms with Crippen LogP contribution in [0.4, 0.5) is 24.9 Å². The molecule has 0 radical (unpaired) electrons. The van der Waals surface area contributed by atoms with Gasteiger partial charge < -0.3 is 20.3 Å². The van der Waals surface area contributed by atoms with Crippen LogP contribution in [-0.2, 0) is 6.54 Å². The molecule has 0 bridgehead atoms. The van der Waals surface area contributed by atoms with E-state index in [0.29, 0.717) is 22.3 Å². The molecule has 1 saturated carbocycles. The summed E-state index contributed by atoms with van der Waals surface area (Å²) < 4.78 is 42.0. The summed E-state index contributed by atoms with van der Waals surface area (Å²) in [5.41, 5.74) is 0.345. The van der Waals surface area contributed by atoms with E-state index in [1.807, 2.05) is 0 Å². The van der Waals surface area contributed by atoms with Gasteiger partial charge in [-0.05, 0) is 63.6 Å². The zero-order chi connectivity index (χ0) is 23.3. The van der Waals surface area contributed by atoms with Crippen LogP contribution in [0.15, 0.2) is 30.5 Å². The number of rotatable bonds is 8. The van der Waals surface area contributed by atoms with Gasteiger partial charge in [-0.2, -0.15) is 4.98 Å². The van der Waals surface area contributed by atoms with E-state index >= 15 is 0 Å². The summed E-state index contributed by atoms with van der Waals surface area (Å²) >= 11 is 6.27. The van der Waals surface area contributed by atoms with Crippen molar-refractivity contribution < 1.29 is 17.9 Å². The molecule has 180 valence electrons. The highest BCUT2D eigenvalue weighted by atomic mass is 35.5. The molecule has 1 saturated heterocycles. The maximum atomic E-state index is 12.6. The number of ether oxygens (including phenoxy) is 1. The molecule has 2 N–H and O–H groups in total. The Morgan fingerprint density at radius 2 is 1.79 bits per heavy atom. The number of hydrogen-bond acceptors (Lipinski definition) is 6. The predicted molar refractivity (Wildman–Crippen MR) is 123 cm³/mol. The summed E-state index contributed by atoms with van der Waals surface area (Å²) in [5, 5.41) is 6.70. The second-order valence-electron chi connectivity index (χ2n) is 8.70. The van der Waals surface area contributed by atoms with Crippen molar-refractivity contribution in [1.82, 2.24) is 14.9 Å². The fourth-order valence-electron chi connectivity index (χ4n) is 4.69. The number of hydrogen-bond donors (Lipinski definition) is 2. The Morgan fingerprint density at radius 3 is 2.52 bits per heavy atom. The summed E-state index contributed by atoms with van der Waals surface area (Å²) in [5.74, 6) is 1.11. The monoisotopic (exact) mass is 483 g/mol. The lowest BCUT2D eigenvalue weighted by atomic mass is 9.85. The Labute approximate surface area is 196 Å². The van der Waals surface area contributed by atoms with Gasteiger partial charge in [-0.15, -0.1) is 13.2 Å². The van der Waals surface area contributed by atoms with Gasteiger partial charge in [0, 0.05) is 24.7 Å². The highest BCUT2D eigenvalue weighted by Crippen LogP contribution is 2.31. The van der Waals surface area contributed by atoms with Gasteiger partial charge in [-0.25, -0.2) is 4.98 Å². The lowest BCUT2D eigenvalue weighted by molar-refractivity contribution is -0.274. The maximum absolute atomic E-state index is 12.6. The van der Waals surface area contributed by atoms with E-state index in [2.05, 4.69) is 30.2 Å². The van der Waals surface area contributed by atoms with Gasteiger partial charge in [0.15, 0.2) is 0 Å². The van der Waals surface area contributed by atoms with E-state index in [1.165, 1.54) is 69.9 Å². The minimum Gasteiger partial charge on any atom is -0.405 e. The topological polar surface area (TPSA) is 62.3 Å². The van der Waals surface area contributed by atoms with E-state index in [-0.39, 0.29) is 18.2 Å². The molecule has 2 heterocycles. The number of nitrogens with zero attached hydrogens (tertiary/aromatic N) is 3. The zero-order valence-corrected chi connectivity index (χ0v) is 19.1. The van der Waals surface area contributed by atoms with E-state index in [9.17, 15) is 13.2 Å². The normalized spacial score (nSPS) is 21.7. The molecule has 0 atom stereocenters. The third-order valence-corrected chi connectivity index (χ3v) is 6.69. The van der Waals surface area contributed by atoms with Crippen molar-refractivity contribution in [1.29, 1.82) is 0 Å². The molecular weight excluding hydrogens is 455 g/mol. The number of anilines is 2. The second-order valence-corrected chi connectivity index (χ2v) is 9.10. The minimum absolute atomic E-state index is 0.0772. The molecule has 10 heteroatoms. The molecule has 2 aromatic rings. The Bertz CT molecular complexity index is 915. The second kappa shape index (κ2) is 10.8. The molecule has 0 unspecified atom stereocenters. The molecule has 2 fully saturated rings. The van der Waals surface area contributed by atoms with Crippen LogP contribution in [0.3, 0.4) is 0 Å². The number of alkyl halides is 3. The highest BCUT2D eigenvalue weighted by Gasteiger charge is 2.32. The van der Waals surface area contributed by atoms with Gasteiger partial charge in [0.2, 0.25) is 5.95 Å². The number of aromatic nitrogens is 2. The molecule has 0 spiro atoms. The number of benzene rings is 1. The summed E-state index contributed by atoms with van der Waals surface area (Å²) in [6.45, 7) is 3.35. The molecule has 4 rings (SSSR count). The van der Waals surface area contributed by atoms with E-state index in [1.54, 1.807) is 12.1 Å². The SMILES string of the molecule is FC(F)(F)Oc1ccccc1CNc1ncc(Cl)c(NCC2CCC(N3CCCC3)CC2)n1. The van der Waals surface area contributed by atoms with E-state index in [0.717, 1.165) is 12.6 Å². The summed E-state index contributed by atoms with van der Waals surface area (Å²) in [7, 11) is 0. The summed E-state index contributed by atoms with van der Waals surface area (Å²) in [6, 6.07) is 6.70. The fourth-order valence-corrected chi connectivity index (χ4v) is 4.84. The standard InChI is InChI=1S/C23H29ClF3N5O/c24-19-15-30-22(29-14-17-5-1-2-6-20(17)33-23(25,26)27)31-21(19)28-13-16-7-9-18(10-8-16)32-11-3-4-12-32/h1-2,5-6,15-16,18H,3-4,7-14H2,(H2,28,29,30,31). The van der Waals surface area contributed by atoms with Crippen molar-refractivity contribution in [2.24, 2.45) is 5.92 Å². The minimum atomic E-state index is -4.75. The van der Waals surface area contributed by atoms with Crippen LogP contribution in [-0.4, -0.2) is 46.9 Å². The van der Waals surface area contributed by atoms with Crippen LogP contribution < -0.4 is 15.4 Å². The predicted octanol–water partition coefficient (Wildman–Crippen LogP) is 5.71. The van der Waals surface area contributed by atoms with Crippen molar-refractivity contribution in [3.05, 3.63) is 41.0 Å². The largest absolute Gasteiger partial charge is 0.573 e. The van der Waals surface area contributed by atoms with Crippen molar-refractivity contribution in [3.63, 3.8) is 0 Å². The zero-order valence-electron chi connectivity index (χ0n) is 18.4. The third-order valence-electron chi connectivity index (χ3n) is 6.41. The quantitative estimate of drug-likeness (QED) is 0.501. The lowest BCUT2D eigenvalue weighted by Gasteiger charge is -2.34. The molecule has 33 heavy (non-hydrogen) atoms. The number of nitrogens with one attached hydrogen (secondary N) is 2. The van der Waals surface area contributed by atoms with Crippen molar-refractivity contribution in [2.75, 3.05) is 30.3 Å². The van der Waals surface area contributed by atoms with Crippen molar-refractivity contribution >= 4 is 23.4 Å². The number of halogens is 4. The van der Waals surface area contributed by atoms with Crippen LogP contribution in [0.25, 0.3) is 0 Å². The Hall–Kier alpha value is -2.26. The molecule has 1 aromatic heterocycles. The van der Waals surface area contributed by atoms with Crippen LogP contribution >= 0.6 is 11.6 Å². The average molecular weight is 484 g/mol. The molecule has 1 aliphatic carbocycles. The first-order valence-corrected chi connectivity index (χ1v) is 11.8. The molecule has 2 aliphatic rings. The first-order chi connectivity index (χ1) is 15.9. The number of para-hydroxylation sites is 1. The fraction of sp³-hybridized carbons (Fsp3) is 0.565. The van der Waals surface area contributed by atoms with Crippen molar-refractivity contribution in [3.8, 4) is 5.75 Å². The Balaban J connectivity index is 1.30. The van der Waals surface area contributed by atoms with Gasteiger partial charge in [0.25, 0.3) is 0 Å². The Kier molecular flexibility index (Phi) is 7.80. The van der Waals surface area contributed by atoms with Gasteiger partial charge in [-0.3, -0.25) is 0 Å². The molecule has 1 aliphatic heterocycles. The first-order valence-electron chi connectivity index (χ1n) is 11.5. The molecule has 0 amide bonds. The van der Waals surface area contributed by atoms with Gasteiger partial charge in [0.1, 0.15) is 16.6 Å². The number of likely N-dealkylation sites (tertiary alicyclic amines) is 1. The third kappa shape index (κ3) is 6.86. The smallest absolute Gasteiger partial charge is 0.405 e. The van der Waals surface area contributed by atoms with Crippen LogP contribution in [0.1, 0.15) is 44.1 Å². The van der Waals surface area contributed by atoms with Crippen LogP contribution in [0, 0.1) is 5.92 Å². The van der Waals surface area contributed by atoms with Crippen molar-refractivity contribution in [2.45, 2.75) is 57.5 Å². The van der Waals surface area contributed by atoms with Crippen LogP contribution in [0.5, 0.6) is 5.75 Å². The maximum Gasteiger partial charge on any atom is 0.573 e. The first kappa shape index (κ1) is 23.9.